The van der Waals surface area contributed by atoms with Crippen LogP contribution in [-0.2, 0) is 21.2 Å². The van der Waals surface area contributed by atoms with Gasteiger partial charge in [-0.1, -0.05) is 31.2 Å². The molecule has 1 aliphatic rings. The lowest BCUT2D eigenvalue weighted by atomic mass is 9.91. The molecule has 0 spiro atoms. The Hall–Kier alpha value is -0.910. The molecule has 2 rings (SSSR count). The summed E-state index contributed by atoms with van der Waals surface area (Å²) in [7, 11) is -1.17. The maximum Gasteiger partial charge on any atom is 0.150 e. The molecular weight excluding hydrogens is 274 g/mol. The zero-order chi connectivity index (χ0) is 14.6. The number of ether oxygens (including phenoxy) is 1. The summed E-state index contributed by atoms with van der Waals surface area (Å²) in [6.07, 6.45) is 0.745. The van der Waals surface area contributed by atoms with Crippen molar-refractivity contribution in [2.24, 2.45) is 5.92 Å². The van der Waals surface area contributed by atoms with E-state index in [1.807, 2.05) is 12.1 Å². The fourth-order valence-corrected chi connectivity index (χ4v) is 4.75. The molecule has 1 heterocycles. The van der Waals surface area contributed by atoms with E-state index < -0.39 is 9.84 Å². The molecule has 0 saturated carbocycles. The fraction of sp³-hybridized carbons (Fsp3) is 0.600. The lowest BCUT2D eigenvalue weighted by molar-refractivity contribution is 0.184. The van der Waals surface area contributed by atoms with E-state index in [-0.39, 0.29) is 12.0 Å². The van der Waals surface area contributed by atoms with Crippen molar-refractivity contribution in [3.63, 3.8) is 0 Å². The van der Waals surface area contributed by atoms with Crippen LogP contribution in [0, 0.1) is 5.92 Å². The van der Waals surface area contributed by atoms with Gasteiger partial charge in [0, 0.05) is 13.2 Å². The Morgan fingerprint density at radius 1 is 1.45 bits per heavy atom. The second-order valence-corrected chi connectivity index (χ2v) is 7.61. The van der Waals surface area contributed by atoms with Gasteiger partial charge in [0.2, 0.25) is 0 Å². The number of nitrogens with one attached hydrogen (secondary N) is 1. The molecule has 2 atom stereocenters. The van der Waals surface area contributed by atoms with Gasteiger partial charge in [-0.15, -0.1) is 0 Å². The normalized spacial score (nSPS) is 22.8. The van der Waals surface area contributed by atoms with Crippen LogP contribution in [0.3, 0.4) is 0 Å². The van der Waals surface area contributed by atoms with E-state index in [4.69, 9.17) is 4.74 Å². The molecule has 4 nitrogen and oxygen atoms in total. The van der Waals surface area contributed by atoms with Gasteiger partial charge in [0.05, 0.1) is 18.1 Å². The van der Waals surface area contributed by atoms with Crippen molar-refractivity contribution in [1.29, 1.82) is 0 Å². The molecule has 1 aromatic carbocycles. The summed E-state index contributed by atoms with van der Waals surface area (Å²) in [6, 6.07) is 8.33. The lowest BCUT2D eigenvalue weighted by Crippen LogP contribution is -2.29. The van der Waals surface area contributed by atoms with Crippen molar-refractivity contribution in [1.82, 2.24) is 5.32 Å². The minimum absolute atomic E-state index is 0.106. The van der Waals surface area contributed by atoms with Crippen molar-refractivity contribution in [3.8, 4) is 0 Å². The van der Waals surface area contributed by atoms with Crippen LogP contribution >= 0.6 is 0 Å². The van der Waals surface area contributed by atoms with Gasteiger partial charge in [0.15, 0.2) is 9.84 Å². The monoisotopic (exact) mass is 297 g/mol. The van der Waals surface area contributed by atoms with Crippen molar-refractivity contribution in [2.75, 3.05) is 25.2 Å². The summed E-state index contributed by atoms with van der Waals surface area (Å²) in [6.45, 7) is 3.46. The van der Waals surface area contributed by atoms with Crippen molar-refractivity contribution in [2.45, 2.75) is 26.0 Å². The zero-order valence-corrected chi connectivity index (χ0v) is 12.9. The molecule has 0 radical (unpaired) electrons. The maximum absolute atomic E-state index is 11.7. The van der Waals surface area contributed by atoms with E-state index in [9.17, 15) is 8.42 Å². The topological polar surface area (TPSA) is 55.4 Å². The molecular formula is C15H23NO3S. The van der Waals surface area contributed by atoms with Crippen LogP contribution in [0.25, 0.3) is 0 Å². The predicted molar refractivity (Wildman–Crippen MR) is 80.3 cm³/mol. The maximum atomic E-state index is 11.7. The number of methoxy groups -OCH3 is 1. The molecule has 5 heteroatoms. The quantitative estimate of drug-likeness (QED) is 0.871. The number of rotatable bonds is 6. The highest BCUT2D eigenvalue weighted by molar-refractivity contribution is 7.91. The van der Waals surface area contributed by atoms with Crippen LogP contribution in [0.15, 0.2) is 24.3 Å². The van der Waals surface area contributed by atoms with E-state index in [0.29, 0.717) is 18.1 Å². The molecule has 0 amide bonds. The summed E-state index contributed by atoms with van der Waals surface area (Å²) < 4.78 is 28.6. The van der Waals surface area contributed by atoms with Crippen LogP contribution in [0.4, 0.5) is 0 Å². The standard InChI is InChI=1S/C15H23NO3S/c1-3-16-15(14-7-8-20(17,18)11-14)13-6-4-5-12(9-13)10-19-2/h4-6,9,14-16H,3,7-8,10-11H2,1-2H3. The third-order valence-corrected chi connectivity index (χ3v) is 5.58. The molecule has 1 aromatic rings. The van der Waals surface area contributed by atoms with Gasteiger partial charge in [-0.25, -0.2) is 8.42 Å². The molecule has 1 saturated heterocycles. The smallest absolute Gasteiger partial charge is 0.150 e. The van der Waals surface area contributed by atoms with Gasteiger partial charge in [-0.3, -0.25) is 0 Å². The first-order valence-electron chi connectivity index (χ1n) is 7.07. The molecule has 1 aliphatic heterocycles. The SMILES string of the molecule is CCNC(c1cccc(COC)c1)C1CCS(=O)(=O)C1. The Balaban J connectivity index is 2.22. The van der Waals surface area contributed by atoms with E-state index in [1.54, 1.807) is 7.11 Å². The lowest BCUT2D eigenvalue weighted by Gasteiger charge is -2.24. The van der Waals surface area contributed by atoms with E-state index in [2.05, 4.69) is 24.4 Å². The molecule has 0 aliphatic carbocycles. The number of hydrogen-bond donors (Lipinski definition) is 1. The zero-order valence-electron chi connectivity index (χ0n) is 12.1. The van der Waals surface area contributed by atoms with Crippen molar-refractivity contribution < 1.29 is 13.2 Å². The highest BCUT2D eigenvalue weighted by Crippen LogP contribution is 2.31. The Morgan fingerprint density at radius 3 is 2.85 bits per heavy atom. The van der Waals surface area contributed by atoms with E-state index in [1.165, 1.54) is 0 Å². The first-order chi connectivity index (χ1) is 9.55. The van der Waals surface area contributed by atoms with Crippen LogP contribution in [0.2, 0.25) is 0 Å². The van der Waals surface area contributed by atoms with E-state index in [0.717, 1.165) is 24.1 Å². The third-order valence-electron chi connectivity index (χ3n) is 3.78. The Kier molecular flexibility index (Phi) is 5.18. The van der Waals surface area contributed by atoms with Crippen LogP contribution in [0.1, 0.15) is 30.5 Å². The van der Waals surface area contributed by atoms with Gasteiger partial charge in [0.25, 0.3) is 0 Å². The fourth-order valence-electron chi connectivity index (χ4n) is 2.91. The second kappa shape index (κ2) is 6.70. The Bertz CT molecular complexity index is 542. The molecule has 0 bridgehead atoms. The summed E-state index contributed by atoms with van der Waals surface area (Å²) in [5, 5.41) is 3.44. The number of benzene rings is 1. The van der Waals surface area contributed by atoms with Gasteiger partial charge < -0.3 is 10.1 Å². The first-order valence-corrected chi connectivity index (χ1v) is 8.89. The molecule has 0 aromatic heterocycles. The van der Waals surface area contributed by atoms with Crippen molar-refractivity contribution in [3.05, 3.63) is 35.4 Å². The molecule has 2 unspecified atom stereocenters. The molecule has 112 valence electrons. The predicted octanol–water partition coefficient (Wildman–Crippen LogP) is 1.92. The molecule has 1 N–H and O–H groups in total. The summed E-state index contributed by atoms with van der Waals surface area (Å²) in [5.74, 6) is 0.772. The van der Waals surface area contributed by atoms with Crippen molar-refractivity contribution >= 4 is 9.84 Å². The Morgan fingerprint density at radius 2 is 2.25 bits per heavy atom. The molecule has 20 heavy (non-hydrogen) atoms. The largest absolute Gasteiger partial charge is 0.380 e. The summed E-state index contributed by atoms with van der Waals surface area (Å²) in [5.41, 5.74) is 2.28. The van der Waals surface area contributed by atoms with E-state index >= 15 is 0 Å². The first kappa shape index (κ1) is 15.5. The van der Waals surface area contributed by atoms with Crippen LogP contribution in [0.5, 0.6) is 0 Å². The third kappa shape index (κ3) is 3.81. The van der Waals surface area contributed by atoms with Crippen LogP contribution in [-0.4, -0.2) is 33.6 Å². The van der Waals surface area contributed by atoms with Gasteiger partial charge in [0.1, 0.15) is 0 Å². The van der Waals surface area contributed by atoms with Gasteiger partial charge in [-0.2, -0.15) is 0 Å². The highest BCUT2D eigenvalue weighted by atomic mass is 32.2. The van der Waals surface area contributed by atoms with Gasteiger partial charge >= 0.3 is 0 Å². The number of hydrogen-bond acceptors (Lipinski definition) is 4. The summed E-state index contributed by atoms with van der Waals surface area (Å²) in [4.78, 5) is 0. The minimum atomic E-state index is -2.85. The van der Waals surface area contributed by atoms with Crippen LogP contribution < -0.4 is 5.32 Å². The number of sulfone groups is 1. The average molecular weight is 297 g/mol. The Labute approximate surface area is 121 Å². The minimum Gasteiger partial charge on any atom is -0.380 e. The van der Waals surface area contributed by atoms with Gasteiger partial charge in [-0.05, 0) is 30.0 Å². The second-order valence-electron chi connectivity index (χ2n) is 5.38. The highest BCUT2D eigenvalue weighted by Gasteiger charge is 2.34. The average Bonchev–Trinajstić information content (AvgIpc) is 2.77. The summed E-state index contributed by atoms with van der Waals surface area (Å²) >= 11 is 0. The molecule has 1 fully saturated rings.